The van der Waals surface area contributed by atoms with Crippen molar-refractivity contribution < 1.29 is 46.4 Å². The van der Waals surface area contributed by atoms with E-state index in [1.54, 1.807) is 14.7 Å². The van der Waals surface area contributed by atoms with Crippen LogP contribution in [0.3, 0.4) is 0 Å². The Kier molecular flexibility index (Phi) is 4.47. The standard InChI is InChI=1S/C22H22I.F6P/c1-2-4-17(5-3-1)23-22-20-15-8-6-13(10-15)18(20)12-19-14-7-9-16(11-14)21(19)22;1-7(2,3,4,5)6/h1-5,12-16H,6-11H2;/q+1;-1/t13-,14-,15+,16+;/m0./s1. The molecule has 0 amide bonds. The minimum Gasteiger partial charge on any atom is -0.0619 e. The molecule has 4 atom stereocenters. The van der Waals surface area contributed by atoms with Crippen molar-refractivity contribution in [2.75, 3.05) is 0 Å². The maximum Gasteiger partial charge on any atom is 0.358 e. The first-order chi connectivity index (χ1) is 13.8. The molecule has 164 valence electrons. The molecule has 2 aromatic rings. The Hall–Kier alpha value is -0.820. The molecule has 2 aromatic carbocycles. The van der Waals surface area contributed by atoms with Gasteiger partial charge in [-0.1, -0.05) is 24.3 Å². The zero-order chi connectivity index (χ0) is 21.4. The van der Waals surface area contributed by atoms with Gasteiger partial charge >= 0.3 is 54.2 Å². The zero-order valence-corrected chi connectivity index (χ0v) is 19.2. The predicted molar refractivity (Wildman–Crippen MR) is 103 cm³/mol. The molecule has 0 saturated heterocycles. The molecule has 2 fully saturated rings. The Morgan fingerprint density at radius 2 is 1.10 bits per heavy atom. The fourth-order valence-electron chi connectivity index (χ4n) is 5.97. The van der Waals surface area contributed by atoms with Crippen LogP contribution in [0.5, 0.6) is 0 Å². The summed E-state index contributed by atoms with van der Waals surface area (Å²) in [5, 5.41) is 0. The third-order valence-corrected chi connectivity index (χ3v) is 9.95. The van der Waals surface area contributed by atoms with E-state index in [2.05, 4.69) is 36.4 Å². The molecule has 0 aromatic heterocycles. The number of rotatable bonds is 2. The Morgan fingerprint density at radius 1 is 0.667 bits per heavy atom. The van der Waals surface area contributed by atoms with Crippen LogP contribution in [0.15, 0.2) is 36.4 Å². The molecule has 0 aliphatic heterocycles. The van der Waals surface area contributed by atoms with E-state index in [1.165, 1.54) is 38.5 Å². The van der Waals surface area contributed by atoms with Crippen molar-refractivity contribution in [1.82, 2.24) is 0 Å². The van der Waals surface area contributed by atoms with E-state index in [4.69, 9.17) is 0 Å². The van der Waals surface area contributed by atoms with Crippen LogP contribution in [0.25, 0.3) is 0 Å². The Bertz CT molecular complexity index is 947. The largest absolute Gasteiger partial charge is 0.358 e. The van der Waals surface area contributed by atoms with Crippen molar-refractivity contribution in [3.05, 3.63) is 65.8 Å². The average molecular weight is 558 g/mol. The summed E-state index contributed by atoms with van der Waals surface area (Å²) in [5.74, 6) is 3.66. The minimum absolute atomic E-state index is 0.00645. The zero-order valence-electron chi connectivity index (χ0n) is 16.1. The van der Waals surface area contributed by atoms with Gasteiger partial charge in [0.2, 0.25) is 3.57 Å². The number of halogens is 7. The van der Waals surface area contributed by atoms with Gasteiger partial charge in [0, 0.05) is 11.1 Å². The van der Waals surface area contributed by atoms with Crippen LogP contribution in [0, 0.1) is 7.14 Å². The maximum atomic E-state index is 9.87. The van der Waals surface area contributed by atoms with Crippen LogP contribution >= 0.6 is 7.81 Å². The van der Waals surface area contributed by atoms with Gasteiger partial charge in [0.1, 0.15) is 0 Å². The van der Waals surface area contributed by atoms with Crippen LogP contribution in [0.2, 0.25) is 0 Å². The summed E-state index contributed by atoms with van der Waals surface area (Å²) >= 11 is -0.00645. The van der Waals surface area contributed by atoms with Gasteiger partial charge in [-0.05, 0) is 85.5 Å². The SMILES string of the molecule is F[P-](F)(F)(F)(F)F.c1ccc([I+]c2c3c(cc4c2[C@@H]2CC[C@H]4C2)[C@H]2CC[C@@H]3C2)cc1. The van der Waals surface area contributed by atoms with Gasteiger partial charge < -0.3 is 0 Å². The fraction of sp³-hybridized carbons (Fsp3) is 0.455. The molecular formula is C22H22F6IP. The summed E-state index contributed by atoms with van der Waals surface area (Å²) in [4.78, 5) is 0. The van der Waals surface area contributed by atoms with Crippen molar-refractivity contribution >= 4 is 7.81 Å². The van der Waals surface area contributed by atoms with Crippen molar-refractivity contribution in [2.24, 2.45) is 0 Å². The first-order valence-corrected chi connectivity index (χ1v) is 14.5. The van der Waals surface area contributed by atoms with Crippen LogP contribution in [-0.2, 0) is 0 Å². The van der Waals surface area contributed by atoms with Gasteiger partial charge in [-0.3, -0.25) is 0 Å². The number of fused-ring (bicyclic) bond motifs is 10. The fourth-order valence-corrected chi connectivity index (χ4v) is 9.45. The maximum absolute atomic E-state index is 10.7. The normalized spacial score (nSPS) is 30.2. The third-order valence-electron chi connectivity index (χ3n) is 6.90. The molecule has 0 nitrogen and oxygen atoms in total. The molecular weight excluding hydrogens is 536 g/mol. The Balaban J connectivity index is 0.000000241. The van der Waals surface area contributed by atoms with E-state index in [0.717, 1.165) is 23.7 Å². The molecule has 0 radical (unpaired) electrons. The monoisotopic (exact) mass is 558 g/mol. The molecule has 4 aliphatic rings. The van der Waals surface area contributed by atoms with Crippen LogP contribution in [-0.4, -0.2) is 0 Å². The van der Waals surface area contributed by atoms with Crippen LogP contribution in [0.4, 0.5) is 25.2 Å². The summed E-state index contributed by atoms with van der Waals surface area (Å²) in [6, 6.07) is 14.1. The third kappa shape index (κ3) is 4.38. The van der Waals surface area contributed by atoms with E-state index in [0.29, 0.717) is 0 Å². The Morgan fingerprint density at radius 3 is 1.57 bits per heavy atom. The van der Waals surface area contributed by atoms with Gasteiger partial charge in [0.15, 0.2) is 3.57 Å². The second-order valence-corrected chi connectivity index (χ2v) is 13.7. The van der Waals surface area contributed by atoms with Gasteiger partial charge in [-0.15, -0.1) is 0 Å². The van der Waals surface area contributed by atoms with E-state index in [1.807, 2.05) is 14.7 Å². The van der Waals surface area contributed by atoms with Crippen LogP contribution in [0.1, 0.15) is 84.5 Å². The van der Waals surface area contributed by atoms with E-state index < -0.39 is 7.81 Å². The smallest absolute Gasteiger partial charge is 0.0619 e. The van der Waals surface area contributed by atoms with Gasteiger partial charge in [-0.25, -0.2) is 0 Å². The summed E-state index contributed by atoms with van der Waals surface area (Å²) in [6.07, 6.45) is 8.81. The number of hydrogen-bond donors (Lipinski definition) is 0. The second kappa shape index (κ2) is 6.37. The van der Waals surface area contributed by atoms with Gasteiger partial charge in [-0.2, -0.15) is 0 Å². The van der Waals surface area contributed by atoms with Crippen molar-refractivity contribution in [3.8, 4) is 0 Å². The summed E-state index contributed by atoms with van der Waals surface area (Å²) in [5.41, 5.74) is 7.34. The van der Waals surface area contributed by atoms with Crippen molar-refractivity contribution in [2.45, 2.75) is 62.2 Å². The van der Waals surface area contributed by atoms with E-state index in [9.17, 15) is 25.2 Å². The summed E-state index contributed by atoms with van der Waals surface area (Å²) < 4.78 is 62.7. The molecule has 2 saturated carbocycles. The summed E-state index contributed by atoms with van der Waals surface area (Å²) in [7, 11) is -10.7. The topological polar surface area (TPSA) is 0 Å². The molecule has 4 bridgehead atoms. The quantitative estimate of drug-likeness (QED) is 0.244. The molecule has 0 spiro atoms. The van der Waals surface area contributed by atoms with Crippen molar-refractivity contribution in [1.29, 1.82) is 0 Å². The molecule has 30 heavy (non-hydrogen) atoms. The first kappa shape index (κ1) is 21.0. The molecule has 0 N–H and O–H groups in total. The minimum atomic E-state index is -10.7. The molecule has 0 heterocycles. The molecule has 4 aliphatic carbocycles. The number of benzene rings is 2. The van der Waals surface area contributed by atoms with Gasteiger partial charge in [0.25, 0.3) is 0 Å². The van der Waals surface area contributed by atoms with E-state index >= 15 is 0 Å². The van der Waals surface area contributed by atoms with Crippen LogP contribution < -0.4 is 21.2 Å². The predicted octanol–water partition coefficient (Wildman–Crippen LogP) is 5.93. The molecule has 6 rings (SSSR count). The van der Waals surface area contributed by atoms with Crippen molar-refractivity contribution in [3.63, 3.8) is 0 Å². The summed E-state index contributed by atoms with van der Waals surface area (Å²) in [6.45, 7) is 0. The van der Waals surface area contributed by atoms with Gasteiger partial charge in [0.05, 0.1) is 0 Å². The van der Waals surface area contributed by atoms with E-state index in [-0.39, 0.29) is 21.2 Å². The number of hydrogen-bond acceptors (Lipinski definition) is 0. The molecule has 8 heteroatoms. The molecule has 0 unspecified atom stereocenters. The Labute approximate surface area is 181 Å². The average Bonchev–Trinajstić information content (AvgIpc) is 3.40. The first-order valence-electron chi connectivity index (χ1n) is 10.3. The second-order valence-electron chi connectivity index (χ2n) is 8.96.